The summed E-state index contributed by atoms with van der Waals surface area (Å²) in [6.07, 6.45) is 3.77. The normalized spacial score (nSPS) is 24.6. The highest BCUT2D eigenvalue weighted by Gasteiger charge is 2.14. The lowest BCUT2D eigenvalue weighted by atomic mass is 10.2. The maximum atomic E-state index is 10.9. The second kappa shape index (κ2) is 4.34. The van der Waals surface area contributed by atoms with Crippen LogP contribution in [-0.2, 0) is 9.53 Å². The number of carbonyl (C=O) groups is 1. The van der Waals surface area contributed by atoms with E-state index in [1.165, 1.54) is 0 Å². The van der Waals surface area contributed by atoms with Crippen molar-refractivity contribution in [1.29, 1.82) is 0 Å². The molecule has 1 amide bonds. The summed E-state index contributed by atoms with van der Waals surface area (Å²) in [4.78, 5) is 10.9. The SMILES string of the molecule is CCC(=O)NC1CCCCO1. The zero-order valence-corrected chi connectivity index (χ0v) is 6.93. The summed E-state index contributed by atoms with van der Waals surface area (Å²) in [5.74, 6) is 0.0805. The van der Waals surface area contributed by atoms with E-state index in [1.807, 2.05) is 6.92 Å². The van der Waals surface area contributed by atoms with Gasteiger partial charge in [0.05, 0.1) is 0 Å². The molecule has 0 spiro atoms. The van der Waals surface area contributed by atoms with Gasteiger partial charge < -0.3 is 10.1 Å². The molecule has 0 aliphatic carbocycles. The molecule has 1 heterocycles. The van der Waals surface area contributed by atoms with E-state index in [0.717, 1.165) is 25.9 Å². The molecule has 3 nitrogen and oxygen atoms in total. The van der Waals surface area contributed by atoms with E-state index in [9.17, 15) is 4.79 Å². The Morgan fingerprint density at radius 1 is 1.64 bits per heavy atom. The number of hydrogen-bond acceptors (Lipinski definition) is 2. The van der Waals surface area contributed by atoms with Gasteiger partial charge in [-0.3, -0.25) is 4.79 Å². The van der Waals surface area contributed by atoms with Crippen LogP contribution in [-0.4, -0.2) is 18.7 Å². The highest BCUT2D eigenvalue weighted by molar-refractivity contribution is 5.75. The minimum absolute atomic E-state index is 0.0174. The summed E-state index contributed by atoms with van der Waals surface area (Å²) < 4.78 is 5.32. The molecule has 1 unspecified atom stereocenters. The average molecular weight is 157 g/mol. The van der Waals surface area contributed by atoms with Gasteiger partial charge in [-0.25, -0.2) is 0 Å². The topological polar surface area (TPSA) is 38.3 Å². The van der Waals surface area contributed by atoms with Crippen LogP contribution in [0.25, 0.3) is 0 Å². The van der Waals surface area contributed by atoms with Crippen LogP contribution >= 0.6 is 0 Å². The van der Waals surface area contributed by atoms with Crippen molar-refractivity contribution in [2.45, 2.75) is 38.8 Å². The van der Waals surface area contributed by atoms with Crippen LogP contribution in [0.1, 0.15) is 32.6 Å². The molecular formula is C8H15NO2. The fourth-order valence-electron chi connectivity index (χ4n) is 1.14. The lowest BCUT2D eigenvalue weighted by molar-refractivity contribution is -0.126. The molecular weight excluding hydrogens is 142 g/mol. The Balaban J connectivity index is 2.19. The van der Waals surface area contributed by atoms with E-state index in [-0.39, 0.29) is 12.1 Å². The smallest absolute Gasteiger partial charge is 0.221 e. The van der Waals surface area contributed by atoms with Crippen molar-refractivity contribution >= 4 is 5.91 Å². The van der Waals surface area contributed by atoms with Crippen LogP contribution in [0, 0.1) is 0 Å². The Bertz CT molecular complexity index is 130. The summed E-state index contributed by atoms with van der Waals surface area (Å²) in [7, 11) is 0. The molecule has 0 aromatic rings. The Hall–Kier alpha value is -0.570. The zero-order valence-electron chi connectivity index (χ0n) is 6.93. The van der Waals surface area contributed by atoms with Gasteiger partial charge in [0.15, 0.2) is 0 Å². The Labute approximate surface area is 67.1 Å². The van der Waals surface area contributed by atoms with Crippen molar-refractivity contribution in [3.8, 4) is 0 Å². The molecule has 1 rings (SSSR count). The van der Waals surface area contributed by atoms with E-state index >= 15 is 0 Å². The first-order valence-corrected chi connectivity index (χ1v) is 4.24. The largest absolute Gasteiger partial charge is 0.359 e. The summed E-state index contributed by atoms with van der Waals surface area (Å²) in [6.45, 7) is 2.63. The van der Waals surface area contributed by atoms with E-state index in [0.29, 0.717) is 6.42 Å². The van der Waals surface area contributed by atoms with Crippen LogP contribution in [0.15, 0.2) is 0 Å². The molecule has 11 heavy (non-hydrogen) atoms. The predicted octanol–water partition coefficient (Wildman–Crippen LogP) is 1.04. The first-order valence-electron chi connectivity index (χ1n) is 4.24. The number of amides is 1. The van der Waals surface area contributed by atoms with Crippen molar-refractivity contribution in [3.63, 3.8) is 0 Å². The van der Waals surface area contributed by atoms with Gasteiger partial charge in [-0.05, 0) is 19.3 Å². The third-order valence-corrected chi connectivity index (χ3v) is 1.82. The minimum Gasteiger partial charge on any atom is -0.359 e. The van der Waals surface area contributed by atoms with Crippen molar-refractivity contribution in [2.24, 2.45) is 0 Å². The van der Waals surface area contributed by atoms with Gasteiger partial charge in [-0.2, -0.15) is 0 Å². The van der Waals surface area contributed by atoms with Gasteiger partial charge in [0.2, 0.25) is 5.91 Å². The van der Waals surface area contributed by atoms with Crippen LogP contribution in [0.3, 0.4) is 0 Å². The van der Waals surface area contributed by atoms with Crippen LogP contribution in [0.4, 0.5) is 0 Å². The predicted molar refractivity (Wildman–Crippen MR) is 42.0 cm³/mol. The second-order valence-electron chi connectivity index (χ2n) is 2.78. The molecule has 1 fully saturated rings. The third-order valence-electron chi connectivity index (χ3n) is 1.82. The lowest BCUT2D eigenvalue weighted by Gasteiger charge is -2.23. The molecule has 1 aliphatic heterocycles. The van der Waals surface area contributed by atoms with Crippen LogP contribution in [0.2, 0.25) is 0 Å². The Kier molecular flexibility index (Phi) is 3.36. The Morgan fingerprint density at radius 2 is 2.45 bits per heavy atom. The van der Waals surface area contributed by atoms with Crippen molar-refractivity contribution in [3.05, 3.63) is 0 Å². The van der Waals surface area contributed by atoms with Crippen molar-refractivity contribution in [1.82, 2.24) is 5.32 Å². The number of ether oxygens (including phenoxy) is 1. The van der Waals surface area contributed by atoms with Gasteiger partial charge >= 0.3 is 0 Å². The number of nitrogens with one attached hydrogen (secondary N) is 1. The monoisotopic (exact) mass is 157 g/mol. The van der Waals surface area contributed by atoms with Gasteiger partial charge in [-0.1, -0.05) is 6.92 Å². The molecule has 1 aliphatic rings. The summed E-state index contributed by atoms with van der Waals surface area (Å²) in [6, 6.07) is 0. The van der Waals surface area contributed by atoms with Crippen LogP contribution in [0.5, 0.6) is 0 Å². The second-order valence-corrected chi connectivity index (χ2v) is 2.78. The summed E-state index contributed by atoms with van der Waals surface area (Å²) >= 11 is 0. The van der Waals surface area contributed by atoms with Gasteiger partial charge in [-0.15, -0.1) is 0 Å². The van der Waals surface area contributed by atoms with E-state index in [1.54, 1.807) is 0 Å². The molecule has 3 heteroatoms. The molecule has 0 saturated carbocycles. The molecule has 1 N–H and O–H groups in total. The standard InChI is InChI=1S/C8H15NO2/c1-2-7(10)9-8-5-3-4-6-11-8/h8H,2-6H2,1H3,(H,9,10). The van der Waals surface area contributed by atoms with Crippen molar-refractivity contribution < 1.29 is 9.53 Å². The number of rotatable bonds is 2. The molecule has 0 radical (unpaired) electrons. The average Bonchev–Trinajstić information content (AvgIpc) is 2.06. The quantitative estimate of drug-likeness (QED) is 0.650. The molecule has 64 valence electrons. The van der Waals surface area contributed by atoms with E-state index < -0.39 is 0 Å². The first kappa shape index (κ1) is 8.53. The first-order chi connectivity index (χ1) is 5.33. The molecule has 0 aromatic heterocycles. The highest BCUT2D eigenvalue weighted by Crippen LogP contribution is 2.09. The molecule has 0 bridgehead atoms. The zero-order chi connectivity index (χ0) is 8.10. The maximum absolute atomic E-state index is 10.9. The maximum Gasteiger partial charge on any atom is 0.221 e. The third kappa shape index (κ3) is 2.89. The lowest BCUT2D eigenvalue weighted by Crippen LogP contribution is -2.38. The fourth-order valence-corrected chi connectivity index (χ4v) is 1.14. The van der Waals surface area contributed by atoms with E-state index in [4.69, 9.17) is 4.74 Å². The molecule has 1 saturated heterocycles. The fraction of sp³-hybridized carbons (Fsp3) is 0.875. The van der Waals surface area contributed by atoms with E-state index in [2.05, 4.69) is 5.32 Å². The Morgan fingerprint density at radius 3 is 3.00 bits per heavy atom. The molecule has 1 atom stereocenters. The minimum atomic E-state index is -0.0174. The van der Waals surface area contributed by atoms with Gasteiger partial charge in [0.25, 0.3) is 0 Å². The molecule has 0 aromatic carbocycles. The summed E-state index contributed by atoms with van der Waals surface area (Å²) in [5.41, 5.74) is 0. The van der Waals surface area contributed by atoms with Crippen LogP contribution < -0.4 is 5.32 Å². The van der Waals surface area contributed by atoms with Crippen molar-refractivity contribution in [2.75, 3.05) is 6.61 Å². The van der Waals surface area contributed by atoms with Gasteiger partial charge in [0.1, 0.15) is 6.23 Å². The summed E-state index contributed by atoms with van der Waals surface area (Å²) in [5, 5.41) is 2.81. The van der Waals surface area contributed by atoms with Gasteiger partial charge in [0, 0.05) is 13.0 Å². The number of hydrogen-bond donors (Lipinski definition) is 1. The number of carbonyl (C=O) groups excluding carboxylic acids is 1. The highest BCUT2D eigenvalue weighted by atomic mass is 16.5.